The lowest BCUT2D eigenvalue weighted by atomic mass is 10.0. The Hall–Kier alpha value is -3.65. The van der Waals surface area contributed by atoms with Crippen molar-refractivity contribution in [2.45, 2.75) is 31.2 Å². The molecule has 0 radical (unpaired) electrons. The summed E-state index contributed by atoms with van der Waals surface area (Å²) in [6.07, 6.45) is 0. The Morgan fingerprint density at radius 3 is 2.44 bits per heavy atom. The quantitative estimate of drug-likeness (QED) is 0.438. The second-order valence-electron chi connectivity index (χ2n) is 8.80. The molecule has 0 aliphatic carbocycles. The van der Waals surface area contributed by atoms with Crippen LogP contribution in [-0.2, 0) is 9.59 Å². The number of aromatic hydroxyl groups is 1. The molecule has 3 aromatic rings. The van der Waals surface area contributed by atoms with Gasteiger partial charge in [-0.1, -0.05) is 50.2 Å². The zero-order chi connectivity index (χ0) is 25.7. The first kappa shape index (κ1) is 25.4. The number of nitrogens with zero attached hydrogens (tertiary/aromatic N) is 1. The first-order chi connectivity index (χ1) is 17.4. The maximum absolute atomic E-state index is 13.4. The minimum atomic E-state index is -0.708. The van der Waals surface area contributed by atoms with Gasteiger partial charge in [0, 0.05) is 11.4 Å². The van der Waals surface area contributed by atoms with E-state index in [0.717, 1.165) is 0 Å². The highest BCUT2D eigenvalue weighted by molar-refractivity contribution is 7.99. The molecule has 2 N–H and O–H groups in total. The fraction of sp³-hybridized carbons (Fsp3) is 0.286. The molecule has 2 unspecified atom stereocenters. The maximum atomic E-state index is 13.4. The van der Waals surface area contributed by atoms with Crippen molar-refractivity contribution < 1.29 is 24.2 Å². The highest BCUT2D eigenvalue weighted by Crippen LogP contribution is 2.43. The van der Waals surface area contributed by atoms with Crippen LogP contribution in [-0.4, -0.2) is 47.3 Å². The lowest BCUT2D eigenvalue weighted by Crippen LogP contribution is -2.47. The maximum Gasteiger partial charge on any atom is 0.262 e. The van der Waals surface area contributed by atoms with Crippen LogP contribution in [0.1, 0.15) is 36.3 Å². The third kappa shape index (κ3) is 5.76. The molecule has 1 saturated heterocycles. The monoisotopic (exact) mass is 506 g/mol. The van der Waals surface area contributed by atoms with E-state index >= 15 is 0 Å². The van der Waals surface area contributed by atoms with Gasteiger partial charge in [0.15, 0.2) is 18.1 Å². The van der Waals surface area contributed by atoms with Crippen molar-refractivity contribution >= 4 is 29.3 Å². The Morgan fingerprint density at radius 2 is 1.81 bits per heavy atom. The molecule has 8 heteroatoms. The van der Waals surface area contributed by atoms with Crippen molar-refractivity contribution in [2.75, 3.05) is 24.8 Å². The Kier molecular flexibility index (Phi) is 8.05. The van der Waals surface area contributed by atoms with Crippen LogP contribution in [0.25, 0.3) is 0 Å². The van der Waals surface area contributed by atoms with Crippen molar-refractivity contribution in [1.82, 2.24) is 4.90 Å². The largest absolute Gasteiger partial charge is 0.504 e. The highest BCUT2D eigenvalue weighted by atomic mass is 32.2. The average Bonchev–Trinajstić information content (AvgIpc) is 3.34. The number of anilines is 1. The zero-order valence-corrected chi connectivity index (χ0v) is 21.3. The predicted octanol–water partition coefficient (Wildman–Crippen LogP) is 5.18. The second kappa shape index (κ2) is 11.4. The molecule has 2 amide bonds. The van der Waals surface area contributed by atoms with Crippen molar-refractivity contribution in [2.24, 2.45) is 0 Å². The van der Waals surface area contributed by atoms with E-state index < -0.39 is 11.4 Å². The van der Waals surface area contributed by atoms with Gasteiger partial charge in [-0.15, -0.1) is 11.8 Å². The molecule has 1 aliphatic heterocycles. The van der Waals surface area contributed by atoms with Crippen molar-refractivity contribution in [3.63, 3.8) is 0 Å². The molecule has 1 heterocycles. The predicted molar refractivity (Wildman–Crippen MR) is 142 cm³/mol. The van der Waals surface area contributed by atoms with Gasteiger partial charge >= 0.3 is 0 Å². The van der Waals surface area contributed by atoms with Crippen LogP contribution in [0.15, 0.2) is 72.8 Å². The molecule has 2 atom stereocenters. The van der Waals surface area contributed by atoms with E-state index in [0.29, 0.717) is 34.4 Å². The van der Waals surface area contributed by atoms with Gasteiger partial charge in [0.25, 0.3) is 5.91 Å². The van der Waals surface area contributed by atoms with Crippen molar-refractivity contribution in [1.29, 1.82) is 0 Å². The number of ether oxygens (including phenoxy) is 2. The van der Waals surface area contributed by atoms with Crippen LogP contribution in [0.5, 0.6) is 17.2 Å². The Bertz CT molecular complexity index is 1200. The third-order valence-corrected chi connectivity index (χ3v) is 7.35. The van der Waals surface area contributed by atoms with Gasteiger partial charge in [-0.25, -0.2) is 0 Å². The highest BCUT2D eigenvalue weighted by Gasteiger charge is 2.42. The lowest BCUT2D eigenvalue weighted by molar-refractivity contribution is -0.139. The van der Waals surface area contributed by atoms with E-state index in [2.05, 4.69) is 19.2 Å². The van der Waals surface area contributed by atoms with E-state index in [-0.39, 0.29) is 24.2 Å². The Labute approximate surface area is 215 Å². The smallest absolute Gasteiger partial charge is 0.262 e. The third-order valence-electron chi connectivity index (χ3n) is 6.03. The summed E-state index contributed by atoms with van der Waals surface area (Å²) in [6, 6.07) is 21.1. The minimum absolute atomic E-state index is 0.0262. The second-order valence-corrected chi connectivity index (χ2v) is 9.91. The number of carbonyl (C=O) groups excluding carboxylic acids is 2. The molecular weight excluding hydrogens is 476 g/mol. The minimum Gasteiger partial charge on any atom is -0.504 e. The van der Waals surface area contributed by atoms with E-state index in [9.17, 15) is 14.7 Å². The number of benzene rings is 3. The van der Waals surface area contributed by atoms with Crippen LogP contribution in [0.2, 0.25) is 0 Å². The number of phenolic OH excluding ortho intramolecular Hbond substituents is 1. The molecule has 0 bridgehead atoms. The number of methoxy groups -OCH3 is 1. The summed E-state index contributed by atoms with van der Waals surface area (Å²) < 4.78 is 10.9. The topological polar surface area (TPSA) is 88.1 Å². The number of hydrogen-bond donors (Lipinski definition) is 2. The number of carbonyl (C=O) groups is 2. The van der Waals surface area contributed by atoms with Crippen LogP contribution in [0.4, 0.5) is 5.69 Å². The average molecular weight is 507 g/mol. The van der Waals surface area contributed by atoms with Crippen LogP contribution in [0.3, 0.4) is 0 Å². The summed E-state index contributed by atoms with van der Waals surface area (Å²) >= 11 is 1.47. The number of para-hydroxylation sites is 1. The SMILES string of the molecule is COc1ccc(C2SCC(C(=O)Nc3ccc(C(C)C)cc3)N2C(=O)COc2ccccc2)cc1O. The normalized spacial score (nSPS) is 17.2. The van der Waals surface area contributed by atoms with Crippen LogP contribution >= 0.6 is 11.8 Å². The van der Waals surface area contributed by atoms with E-state index in [1.807, 2.05) is 42.5 Å². The van der Waals surface area contributed by atoms with E-state index in [1.165, 1.54) is 24.4 Å². The molecule has 0 aromatic heterocycles. The number of thioether (sulfide) groups is 1. The van der Waals surface area contributed by atoms with Crippen molar-refractivity contribution in [3.05, 3.63) is 83.9 Å². The Balaban J connectivity index is 1.56. The van der Waals surface area contributed by atoms with E-state index in [4.69, 9.17) is 9.47 Å². The van der Waals surface area contributed by atoms with Gasteiger partial charge in [-0.3, -0.25) is 9.59 Å². The Morgan fingerprint density at radius 1 is 1.08 bits per heavy atom. The number of hydrogen-bond acceptors (Lipinski definition) is 6. The summed E-state index contributed by atoms with van der Waals surface area (Å²) in [5.74, 6) is 1.09. The fourth-order valence-corrected chi connectivity index (χ4v) is 5.48. The number of rotatable bonds is 8. The van der Waals surface area contributed by atoms with Crippen LogP contribution < -0.4 is 14.8 Å². The molecule has 0 saturated carbocycles. The van der Waals surface area contributed by atoms with Gasteiger partial charge in [-0.05, 0) is 53.4 Å². The summed E-state index contributed by atoms with van der Waals surface area (Å²) in [5.41, 5.74) is 2.55. The summed E-state index contributed by atoms with van der Waals surface area (Å²) in [5, 5.41) is 12.8. The van der Waals surface area contributed by atoms with Gasteiger partial charge in [0.1, 0.15) is 17.2 Å². The van der Waals surface area contributed by atoms with E-state index in [1.54, 1.807) is 35.2 Å². The number of phenols is 1. The molecule has 1 fully saturated rings. The molecule has 1 aliphatic rings. The van der Waals surface area contributed by atoms with Crippen molar-refractivity contribution in [3.8, 4) is 17.2 Å². The molecule has 4 rings (SSSR count). The standard InChI is InChI=1S/C28H30N2O5S/c1-18(2)19-9-12-21(13-10-19)29-27(33)23-17-36-28(20-11-14-25(34-3)24(31)15-20)30(23)26(32)16-35-22-7-5-4-6-8-22/h4-15,18,23,28,31H,16-17H2,1-3H3,(H,29,33). The van der Waals surface area contributed by atoms with Gasteiger partial charge < -0.3 is 24.8 Å². The molecule has 188 valence electrons. The zero-order valence-electron chi connectivity index (χ0n) is 20.5. The van der Waals surface area contributed by atoms with Gasteiger partial charge in [-0.2, -0.15) is 0 Å². The molecule has 7 nitrogen and oxygen atoms in total. The molecule has 3 aromatic carbocycles. The number of amides is 2. The first-order valence-electron chi connectivity index (χ1n) is 11.8. The molecule has 36 heavy (non-hydrogen) atoms. The van der Waals surface area contributed by atoms with Crippen LogP contribution in [0, 0.1) is 0 Å². The van der Waals surface area contributed by atoms with Gasteiger partial charge in [0.2, 0.25) is 5.91 Å². The van der Waals surface area contributed by atoms with Gasteiger partial charge in [0.05, 0.1) is 7.11 Å². The fourth-order valence-electron chi connectivity index (χ4n) is 4.04. The first-order valence-corrected chi connectivity index (χ1v) is 12.8. The summed E-state index contributed by atoms with van der Waals surface area (Å²) in [6.45, 7) is 4.01. The number of nitrogens with one attached hydrogen (secondary N) is 1. The molecular formula is C28H30N2O5S. The summed E-state index contributed by atoms with van der Waals surface area (Å²) in [7, 11) is 1.48. The molecule has 0 spiro atoms. The summed E-state index contributed by atoms with van der Waals surface area (Å²) in [4.78, 5) is 28.3. The lowest BCUT2D eigenvalue weighted by Gasteiger charge is -2.29.